The molecule has 0 bridgehead atoms. The van der Waals surface area contributed by atoms with Crippen molar-refractivity contribution in [2.24, 2.45) is 10.6 Å². The van der Waals surface area contributed by atoms with Gasteiger partial charge in [0.15, 0.2) is 0 Å². The van der Waals surface area contributed by atoms with Crippen LogP contribution in [0, 0.1) is 5.41 Å². The van der Waals surface area contributed by atoms with Crippen LogP contribution in [0.1, 0.15) is 6.42 Å². The van der Waals surface area contributed by atoms with Crippen molar-refractivity contribution in [3.05, 3.63) is 24.3 Å². The van der Waals surface area contributed by atoms with Crippen molar-refractivity contribution in [1.29, 1.82) is 0 Å². The zero-order valence-electron chi connectivity index (χ0n) is 8.75. The molecule has 0 aromatic rings. The number of hydrogen-bond acceptors (Lipinski definition) is 5. The van der Waals surface area contributed by atoms with E-state index in [9.17, 15) is 13.2 Å². The molecule has 0 saturated carbocycles. The van der Waals surface area contributed by atoms with Crippen LogP contribution in [0.5, 0.6) is 0 Å². The highest BCUT2D eigenvalue weighted by Gasteiger charge is 2.37. The van der Waals surface area contributed by atoms with Crippen LogP contribution in [-0.4, -0.2) is 28.1 Å². The molecule has 0 radical (unpaired) electrons. The minimum Gasteiger partial charge on any atom is -0.468 e. The van der Waals surface area contributed by atoms with Crippen molar-refractivity contribution >= 4 is 16.3 Å². The molecule has 0 spiro atoms. The second kappa shape index (κ2) is 4.77. The van der Waals surface area contributed by atoms with Gasteiger partial charge in [0.25, 0.3) is 0 Å². The van der Waals surface area contributed by atoms with Gasteiger partial charge in [-0.05, 0) is 6.42 Å². The number of allylic oxidation sites excluding steroid dienone is 2. The Kier molecular flexibility index (Phi) is 3.84. The van der Waals surface area contributed by atoms with Gasteiger partial charge >= 0.3 is 16.3 Å². The molecule has 16 heavy (non-hydrogen) atoms. The molecule has 7 heteroatoms. The summed E-state index contributed by atoms with van der Waals surface area (Å²) in [5.41, 5.74) is -1.21. The van der Waals surface area contributed by atoms with Crippen LogP contribution in [0.15, 0.2) is 24.3 Å². The maximum atomic E-state index is 11.6. The quantitative estimate of drug-likeness (QED) is 0.552. The Morgan fingerprint density at radius 2 is 2.00 bits per heavy atom. The van der Waals surface area contributed by atoms with Gasteiger partial charge in [0.05, 0.1) is 13.7 Å². The maximum absolute atomic E-state index is 11.6. The van der Waals surface area contributed by atoms with E-state index in [1.54, 1.807) is 24.3 Å². The second-order valence-electron chi connectivity index (χ2n) is 3.33. The smallest absolute Gasteiger partial charge is 0.333 e. The second-order valence-corrected chi connectivity index (χ2v) is 4.55. The lowest BCUT2D eigenvalue weighted by atomic mass is 9.85. The standard InChI is InChI=1S/C9H13NO5S/c1-14-8(11)9(5-3-2-4-6-9)7-15-16(10,12)13/h3-6H,2,7H2,1H3,(H2,10,12,13). The zero-order chi connectivity index (χ0) is 12.2. The average Bonchev–Trinajstić information content (AvgIpc) is 2.25. The normalized spacial score (nSPS) is 18.4. The Hall–Kier alpha value is -1.18. The maximum Gasteiger partial charge on any atom is 0.333 e. The van der Waals surface area contributed by atoms with E-state index >= 15 is 0 Å². The first-order valence-electron chi connectivity index (χ1n) is 4.50. The Labute approximate surface area is 94.0 Å². The fourth-order valence-corrected chi connectivity index (χ4v) is 1.71. The summed E-state index contributed by atoms with van der Waals surface area (Å²) in [7, 11) is -2.86. The summed E-state index contributed by atoms with van der Waals surface area (Å²) in [5.74, 6) is -0.594. The van der Waals surface area contributed by atoms with E-state index in [-0.39, 0.29) is 0 Å². The van der Waals surface area contributed by atoms with Crippen molar-refractivity contribution < 1.29 is 22.1 Å². The monoisotopic (exact) mass is 247 g/mol. The first-order chi connectivity index (χ1) is 7.40. The molecule has 0 saturated heterocycles. The van der Waals surface area contributed by atoms with Crippen molar-refractivity contribution in [3.8, 4) is 0 Å². The third-order valence-electron chi connectivity index (χ3n) is 2.13. The van der Waals surface area contributed by atoms with Crippen LogP contribution in [0.25, 0.3) is 0 Å². The molecule has 0 heterocycles. The van der Waals surface area contributed by atoms with Crippen molar-refractivity contribution in [2.45, 2.75) is 6.42 Å². The number of esters is 1. The van der Waals surface area contributed by atoms with Crippen LogP contribution in [0.3, 0.4) is 0 Å². The van der Waals surface area contributed by atoms with E-state index in [2.05, 4.69) is 8.92 Å². The minimum atomic E-state index is -4.08. The van der Waals surface area contributed by atoms with E-state index in [4.69, 9.17) is 5.14 Å². The van der Waals surface area contributed by atoms with E-state index in [0.29, 0.717) is 6.42 Å². The molecule has 6 nitrogen and oxygen atoms in total. The first kappa shape index (κ1) is 12.9. The average molecular weight is 247 g/mol. The number of carbonyl (C=O) groups is 1. The molecule has 0 aromatic heterocycles. The predicted molar refractivity (Wildman–Crippen MR) is 56.4 cm³/mol. The largest absolute Gasteiger partial charge is 0.468 e. The fourth-order valence-electron chi connectivity index (χ4n) is 1.35. The molecular formula is C9H13NO5S. The van der Waals surface area contributed by atoms with Crippen LogP contribution in [-0.2, 0) is 24.0 Å². The third-order valence-corrected chi connectivity index (χ3v) is 2.58. The lowest BCUT2D eigenvalue weighted by Gasteiger charge is -2.25. The highest BCUT2D eigenvalue weighted by atomic mass is 32.2. The van der Waals surface area contributed by atoms with E-state index in [1.165, 1.54) is 7.11 Å². The number of ether oxygens (including phenoxy) is 1. The van der Waals surface area contributed by atoms with Gasteiger partial charge < -0.3 is 4.74 Å². The number of rotatable bonds is 4. The summed E-state index contributed by atoms with van der Waals surface area (Å²) in [5, 5.41) is 4.70. The topological polar surface area (TPSA) is 95.7 Å². The number of carbonyl (C=O) groups excluding carboxylic acids is 1. The van der Waals surface area contributed by atoms with E-state index in [0.717, 1.165) is 0 Å². The summed E-state index contributed by atoms with van der Waals surface area (Å²) in [4.78, 5) is 11.6. The Balaban J connectivity index is 2.88. The summed E-state index contributed by atoms with van der Waals surface area (Å²) >= 11 is 0. The molecule has 1 aliphatic carbocycles. The Bertz CT molecular complexity index is 411. The molecular weight excluding hydrogens is 234 g/mol. The molecule has 0 atom stereocenters. The van der Waals surface area contributed by atoms with Gasteiger partial charge in [-0.3, -0.25) is 8.98 Å². The molecule has 0 unspecified atom stereocenters. The van der Waals surface area contributed by atoms with Crippen LogP contribution in [0.4, 0.5) is 0 Å². The van der Waals surface area contributed by atoms with Gasteiger partial charge in [0, 0.05) is 0 Å². The SMILES string of the molecule is COC(=O)C1(COS(N)(=O)=O)C=CCC=C1. The summed E-state index contributed by atoms with van der Waals surface area (Å²) in [6.45, 7) is -0.397. The van der Waals surface area contributed by atoms with Gasteiger partial charge in [-0.15, -0.1) is 0 Å². The van der Waals surface area contributed by atoms with Gasteiger partial charge in [-0.1, -0.05) is 24.3 Å². The molecule has 1 rings (SSSR count). The van der Waals surface area contributed by atoms with E-state index < -0.39 is 28.3 Å². The van der Waals surface area contributed by atoms with Crippen molar-refractivity contribution in [2.75, 3.05) is 13.7 Å². The fraction of sp³-hybridized carbons (Fsp3) is 0.444. The van der Waals surface area contributed by atoms with E-state index in [1.807, 2.05) is 0 Å². The first-order valence-corrected chi connectivity index (χ1v) is 5.98. The Morgan fingerprint density at radius 1 is 1.44 bits per heavy atom. The van der Waals surface area contributed by atoms with Crippen LogP contribution >= 0.6 is 0 Å². The van der Waals surface area contributed by atoms with Gasteiger partial charge in [0.1, 0.15) is 5.41 Å². The number of nitrogens with two attached hydrogens (primary N) is 1. The van der Waals surface area contributed by atoms with Gasteiger partial charge in [0.2, 0.25) is 0 Å². The molecule has 1 aliphatic rings. The van der Waals surface area contributed by atoms with Crippen molar-refractivity contribution in [3.63, 3.8) is 0 Å². The number of hydrogen-bond donors (Lipinski definition) is 1. The zero-order valence-corrected chi connectivity index (χ0v) is 9.57. The Morgan fingerprint density at radius 3 is 2.44 bits per heavy atom. The molecule has 2 N–H and O–H groups in total. The van der Waals surface area contributed by atoms with Crippen LogP contribution in [0.2, 0.25) is 0 Å². The summed E-state index contributed by atoms with van der Waals surface area (Å²) in [6.07, 6.45) is 7.22. The predicted octanol–water partition coefficient (Wildman–Crippen LogP) is -0.118. The lowest BCUT2D eigenvalue weighted by molar-refractivity contribution is -0.148. The highest BCUT2D eigenvalue weighted by molar-refractivity contribution is 7.84. The van der Waals surface area contributed by atoms with Gasteiger partial charge in [-0.2, -0.15) is 8.42 Å². The van der Waals surface area contributed by atoms with Crippen LogP contribution < -0.4 is 5.14 Å². The summed E-state index contributed by atoms with van der Waals surface area (Å²) in [6, 6.07) is 0. The van der Waals surface area contributed by atoms with Crippen molar-refractivity contribution in [1.82, 2.24) is 0 Å². The minimum absolute atomic E-state index is 0.397. The highest BCUT2D eigenvalue weighted by Crippen LogP contribution is 2.27. The molecule has 0 aromatic carbocycles. The lowest BCUT2D eigenvalue weighted by Crippen LogP contribution is -2.36. The summed E-state index contributed by atoms with van der Waals surface area (Å²) < 4.78 is 30.4. The molecule has 0 aliphatic heterocycles. The third kappa shape index (κ3) is 3.16. The van der Waals surface area contributed by atoms with Gasteiger partial charge in [-0.25, -0.2) is 5.14 Å². The number of methoxy groups -OCH3 is 1. The molecule has 90 valence electrons. The molecule has 0 fully saturated rings. The molecule has 0 amide bonds.